The summed E-state index contributed by atoms with van der Waals surface area (Å²) in [6.07, 6.45) is 0.881. The number of nitrogens with one attached hydrogen (secondary N) is 2. The first kappa shape index (κ1) is 27.9. The van der Waals surface area contributed by atoms with Crippen LogP contribution in [0, 0.1) is 6.92 Å². The summed E-state index contributed by atoms with van der Waals surface area (Å²) in [5.41, 5.74) is -0.984. The van der Waals surface area contributed by atoms with Gasteiger partial charge in [-0.15, -0.1) is 0 Å². The van der Waals surface area contributed by atoms with E-state index in [0.717, 1.165) is 25.7 Å². The summed E-state index contributed by atoms with van der Waals surface area (Å²) in [6, 6.07) is 6.04. The molecule has 0 saturated carbocycles. The summed E-state index contributed by atoms with van der Waals surface area (Å²) >= 11 is 0. The molecule has 0 bridgehead atoms. The van der Waals surface area contributed by atoms with Gasteiger partial charge in [0.1, 0.15) is 0 Å². The highest BCUT2D eigenvalue weighted by Gasteiger charge is 2.36. The van der Waals surface area contributed by atoms with Crippen LogP contribution in [0.15, 0.2) is 29.2 Å². The van der Waals surface area contributed by atoms with Crippen LogP contribution >= 0.6 is 0 Å². The summed E-state index contributed by atoms with van der Waals surface area (Å²) in [5, 5.41) is 35.4. The van der Waals surface area contributed by atoms with E-state index in [-0.39, 0.29) is 4.90 Å². The van der Waals surface area contributed by atoms with Gasteiger partial charge in [0.15, 0.2) is 30.9 Å². The van der Waals surface area contributed by atoms with Gasteiger partial charge in [-0.1, -0.05) is 17.7 Å². The minimum absolute atomic E-state index is 0.0131. The largest absolute Gasteiger partial charge is 0.379 e. The first-order valence-electron chi connectivity index (χ1n) is 8.19. The van der Waals surface area contributed by atoms with E-state index in [4.69, 9.17) is 15.5 Å². The highest BCUT2D eigenvalue weighted by atomic mass is 32.2. The minimum Gasteiger partial charge on any atom is -0.379 e. The fraction of sp³-hybridized carbons (Fsp3) is 0.500. The molecule has 1 unspecified atom stereocenters. The first-order valence-corrected chi connectivity index (χ1v) is 11.9. The molecule has 14 heteroatoms. The molecule has 0 saturated heterocycles. The van der Waals surface area contributed by atoms with Gasteiger partial charge in [-0.25, -0.2) is 27.8 Å². The smallest absolute Gasteiger partial charge is 0.276 e. The number of carbonyl (C=O) groups excluding carboxylic acids is 2. The van der Waals surface area contributed by atoms with E-state index in [9.17, 15) is 31.5 Å². The van der Waals surface area contributed by atoms with Gasteiger partial charge >= 0.3 is 0 Å². The monoisotopic (exact) mass is 470 g/mol. The number of carbonyl (C=O) groups is 2. The van der Waals surface area contributed by atoms with Crippen molar-refractivity contribution in [3.63, 3.8) is 0 Å². The van der Waals surface area contributed by atoms with Gasteiger partial charge in [-0.3, -0.25) is 20.0 Å². The van der Waals surface area contributed by atoms with Crippen molar-refractivity contribution in [2.24, 2.45) is 0 Å². The first-order chi connectivity index (χ1) is 13.4. The van der Waals surface area contributed by atoms with E-state index in [2.05, 4.69) is 0 Å². The molecular formula is C16H26N2O10S2. The lowest BCUT2D eigenvalue weighted by Crippen LogP contribution is -2.48. The molecule has 2 atom stereocenters. The second kappa shape index (κ2) is 10.3. The summed E-state index contributed by atoms with van der Waals surface area (Å²) in [6.45, 7) is 3.83. The molecular weight excluding hydrogens is 444 g/mol. The summed E-state index contributed by atoms with van der Waals surface area (Å²) in [5.74, 6) is -3.85. The van der Waals surface area contributed by atoms with Crippen LogP contribution in [0.1, 0.15) is 19.4 Å². The molecule has 1 aromatic carbocycles. The van der Waals surface area contributed by atoms with Gasteiger partial charge in [0.25, 0.3) is 11.8 Å². The predicted molar refractivity (Wildman–Crippen MR) is 104 cm³/mol. The van der Waals surface area contributed by atoms with E-state index in [1.54, 1.807) is 12.1 Å². The number of aryl methyl sites for hydroxylation is 1. The van der Waals surface area contributed by atoms with Gasteiger partial charge in [-0.2, -0.15) is 0 Å². The van der Waals surface area contributed by atoms with Gasteiger partial charge < -0.3 is 10.2 Å². The fourth-order valence-corrected chi connectivity index (χ4v) is 4.82. The molecule has 0 aliphatic carbocycles. The Bertz CT molecular complexity index is 952. The molecule has 1 rings (SSSR count). The van der Waals surface area contributed by atoms with E-state index >= 15 is 0 Å². The average Bonchev–Trinajstić information content (AvgIpc) is 2.58. The van der Waals surface area contributed by atoms with Crippen LogP contribution in [0.5, 0.6) is 0 Å². The van der Waals surface area contributed by atoms with E-state index in [1.165, 1.54) is 23.1 Å². The van der Waals surface area contributed by atoms with E-state index < -0.39 is 54.2 Å². The SMILES string of the molecule is C[C@@](O)(CS(C)(=O)=O)C(=O)NO.Cc1ccc(S(=O)(=O)CC(C)(O)C(=O)NO)cc1. The summed E-state index contributed by atoms with van der Waals surface area (Å²) in [7, 11) is -7.27. The third-order valence-electron chi connectivity index (χ3n) is 3.58. The number of sulfone groups is 2. The molecule has 0 aromatic heterocycles. The fourth-order valence-electron chi connectivity index (χ4n) is 2.08. The lowest BCUT2D eigenvalue weighted by molar-refractivity contribution is -0.145. The Morgan fingerprint density at radius 1 is 0.867 bits per heavy atom. The second-order valence-corrected chi connectivity index (χ2v) is 11.2. The zero-order valence-electron chi connectivity index (χ0n) is 16.8. The Morgan fingerprint density at radius 2 is 1.23 bits per heavy atom. The van der Waals surface area contributed by atoms with Gasteiger partial charge in [0, 0.05) is 6.26 Å². The number of rotatable bonds is 7. The number of hydrogen-bond acceptors (Lipinski definition) is 10. The quantitative estimate of drug-likeness (QED) is 0.197. The summed E-state index contributed by atoms with van der Waals surface area (Å²) < 4.78 is 45.2. The van der Waals surface area contributed by atoms with Crippen molar-refractivity contribution in [1.82, 2.24) is 11.0 Å². The van der Waals surface area contributed by atoms with Crippen molar-refractivity contribution in [3.8, 4) is 0 Å². The van der Waals surface area contributed by atoms with Crippen LogP contribution in [0.2, 0.25) is 0 Å². The molecule has 0 heterocycles. The third kappa shape index (κ3) is 9.15. The second-order valence-electron chi connectivity index (χ2n) is 7.07. The molecule has 0 aliphatic heterocycles. The van der Waals surface area contributed by atoms with Crippen LogP contribution in [-0.4, -0.2) is 78.2 Å². The lowest BCUT2D eigenvalue weighted by atomic mass is 10.1. The van der Waals surface area contributed by atoms with Crippen molar-refractivity contribution >= 4 is 31.5 Å². The van der Waals surface area contributed by atoms with Crippen molar-refractivity contribution in [3.05, 3.63) is 29.8 Å². The molecule has 30 heavy (non-hydrogen) atoms. The zero-order valence-corrected chi connectivity index (χ0v) is 18.4. The van der Waals surface area contributed by atoms with Crippen LogP contribution in [0.3, 0.4) is 0 Å². The minimum atomic E-state index is -3.81. The maximum atomic E-state index is 12.0. The summed E-state index contributed by atoms with van der Waals surface area (Å²) in [4.78, 5) is 21.8. The number of aliphatic hydroxyl groups is 2. The van der Waals surface area contributed by atoms with Crippen LogP contribution in [-0.2, 0) is 29.3 Å². The standard InChI is InChI=1S/C11H15NO5S.C5H11NO5S/c1-8-3-5-9(6-4-8)18(16,17)7-11(2,14)10(13)12-15;1-5(8,4(7)6-9)3-12(2,10)11/h3-6,14-15H,7H2,1-2H3,(H,12,13);8-9H,3H2,1-2H3,(H,6,7)/t;5-/m.1/s1. The molecule has 6 N–H and O–H groups in total. The molecule has 0 spiro atoms. The van der Waals surface area contributed by atoms with Crippen molar-refractivity contribution in [2.75, 3.05) is 17.8 Å². The number of hydroxylamine groups is 2. The average molecular weight is 471 g/mol. The Labute approximate surface area is 174 Å². The van der Waals surface area contributed by atoms with Gasteiger partial charge in [0.05, 0.1) is 16.4 Å². The molecule has 0 fully saturated rings. The maximum absolute atomic E-state index is 12.0. The highest BCUT2D eigenvalue weighted by Crippen LogP contribution is 2.17. The van der Waals surface area contributed by atoms with E-state index in [1.807, 2.05) is 6.92 Å². The normalized spacial score (nSPS) is 15.6. The molecule has 12 nitrogen and oxygen atoms in total. The van der Waals surface area contributed by atoms with Crippen molar-refractivity contribution in [1.29, 1.82) is 0 Å². The highest BCUT2D eigenvalue weighted by molar-refractivity contribution is 7.91. The Balaban J connectivity index is 0.000000612. The number of benzene rings is 1. The van der Waals surface area contributed by atoms with Crippen molar-refractivity contribution in [2.45, 2.75) is 36.9 Å². The van der Waals surface area contributed by atoms with Gasteiger partial charge in [0.2, 0.25) is 0 Å². The Hall–Kier alpha value is -2.10. The lowest BCUT2D eigenvalue weighted by Gasteiger charge is -2.20. The van der Waals surface area contributed by atoms with Crippen LogP contribution < -0.4 is 11.0 Å². The molecule has 1 aromatic rings. The molecule has 0 radical (unpaired) electrons. The molecule has 2 amide bonds. The van der Waals surface area contributed by atoms with Gasteiger partial charge in [-0.05, 0) is 32.9 Å². The third-order valence-corrected chi connectivity index (χ3v) is 6.59. The van der Waals surface area contributed by atoms with Crippen LogP contribution in [0.25, 0.3) is 0 Å². The number of hydrogen-bond donors (Lipinski definition) is 6. The molecule has 0 aliphatic rings. The predicted octanol–water partition coefficient (Wildman–Crippen LogP) is -1.69. The topological polar surface area (TPSA) is 207 Å². The molecule has 172 valence electrons. The van der Waals surface area contributed by atoms with E-state index in [0.29, 0.717) is 0 Å². The van der Waals surface area contributed by atoms with Crippen molar-refractivity contribution < 1.29 is 47.1 Å². The zero-order chi connectivity index (χ0) is 24.0. The Kier molecular flexibility index (Phi) is 9.56. The Morgan fingerprint density at radius 3 is 1.57 bits per heavy atom. The number of amides is 2. The maximum Gasteiger partial charge on any atom is 0.276 e. The van der Waals surface area contributed by atoms with Crippen LogP contribution in [0.4, 0.5) is 0 Å².